The molecule has 2 heterocycles. The number of carbonyl (C=O) groups is 2. The molecule has 0 unspecified atom stereocenters. The summed E-state index contributed by atoms with van der Waals surface area (Å²) in [6.45, 7) is 0. The number of rotatable bonds is 7. The number of amides is 2. The number of hydrogen-bond acceptors (Lipinski definition) is 5. The highest BCUT2D eigenvalue weighted by Crippen LogP contribution is 2.40. The number of nitrogens with two attached hydrogens (primary N) is 1. The molecule has 34 heavy (non-hydrogen) atoms. The standard InChI is InChI=1S/C25H35ClFN5O2/c1-32-23(34)25(31-24(32)28,12-10-16-6-3-2-4-7-16)15-17-8-5-9-18(14-17)30-22(33)19-11-13-29-21(26)20(19)27/h11,13,16-18H,2-10,12,14-15H2,1H3,(H2,28,31)(H,30,33)/t17-,18+,25+/m0/s1. The van der Waals surface area contributed by atoms with Crippen LogP contribution in [0.1, 0.15) is 87.4 Å². The number of halogens is 2. The van der Waals surface area contributed by atoms with E-state index in [1.807, 2.05) is 0 Å². The van der Waals surface area contributed by atoms with Crippen LogP contribution in [0.2, 0.25) is 5.15 Å². The van der Waals surface area contributed by atoms with Gasteiger partial charge in [0.2, 0.25) is 0 Å². The molecule has 7 nitrogen and oxygen atoms in total. The van der Waals surface area contributed by atoms with Crippen molar-refractivity contribution in [3.05, 3.63) is 28.8 Å². The van der Waals surface area contributed by atoms with Gasteiger partial charge in [0.25, 0.3) is 11.8 Å². The summed E-state index contributed by atoms with van der Waals surface area (Å²) < 4.78 is 14.2. The Kier molecular flexibility index (Phi) is 7.75. The predicted molar refractivity (Wildman–Crippen MR) is 130 cm³/mol. The minimum absolute atomic E-state index is 0.0135. The first-order valence-corrected chi connectivity index (χ1v) is 12.9. The van der Waals surface area contributed by atoms with Crippen LogP contribution in [0.5, 0.6) is 0 Å². The van der Waals surface area contributed by atoms with Crippen molar-refractivity contribution >= 4 is 29.4 Å². The molecule has 0 radical (unpaired) electrons. The molecular weight excluding hydrogens is 457 g/mol. The summed E-state index contributed by atoms with van der Waals surface area (Å²) in [5, 5.41) is 2.65. The molecule has 9 heteroatoms. The van der Waals surface area contributed by atoms with Gasteiger partial charge >= 0.3 is 0 Å². The van der Waals surface area contributed by atoms with Gasteiger partial charge in [0, 0.05) is 19.3 Å². The van der Waals surface area contributed by atoms with Crippen LogP contribution in [0.3, 0.4) is 0 Å². The van der Waals surface area contributed by atoms with Crippen molar-refractivity contribution in [3.63, 3.8) is 0 Å². The average molecular weight is 492 g/mol. The lowest BCUT2D eigenvalue weighted by atomic mass is 9.74. The minimum Gasteiger partial charge on any atom is -0.369 e. The molecule has 1 aromatic rings. The molecule has 0 bridgehead atoms. The first-order valence-electron chi connectivity index (χ1n) is 12.5. The zero-order chi connectivity index (χ0) is 24.3. The summed E-state index contributed by atoms with van der Waals surface area (Å²) in [5.41, 5.74) is 5.18. The zero-order valence-electron chi connectivity index (χ0n) is 19.9. The summed E-state index contributed by atoms with van der Waals surface area (Å²) >= 11 is 5.73. The van der Waals surface area contributed by atoms with Crippen LogP contribution in [-0.4, -0.2) is 46.3 Å². The highest BCUT2D eigenvalue weighted by atomic mass is 35.5. The summed E-state index contributed by atoms with van der Waals surface area (Å²) in [6.07, 6.45) is 13.4. The molecule has 0 aromatic carbocycles. The third-order valence-electron chi connectivity index (χ3n) is 7.90. The molecule has 3 atom stereocenters. The second-order valence-corrected chi connectivity index (χ2v) is 10.6. The Morgan fingerprint density at radius 3 is 2.68 bits per heavy atom. The average Bonchev–Trinajstić information content (AvgIpc) is 3.04. The molecule has 2 saturated carbocycles. The van der Waals surface area contributed by atoms with E-state index in [1.165, 1.54) is 49.3 Å². The van der Waals surface area contributed by atoms with Crippen LogP contribution in [0.25, 0.3) is 0 Å². The molecule has 4 rings (SSSR count). The highest BCUT2D eigenvalue weighted by Gasteiger charge is 2.48. The van der Waals surface area contributed by atoms with E-state index in [-0.39, 0.29) is 28.6 Å². The van der Waals surface area contributed by atoms with Crippen molar-refractivity contribution in [1.82, 2.24) is 15.2 Å². The van der Waals surface area contributed by atoms with E-state index in [4.69, 9.17) is 22.3 Å². The second-order valence-electron chi connectivity index (χ2n) is 10.3. The number of aliphatic imine (C=N–C) groups is 1. The first kappa shape index (κ1) is 24.9. The van der Waals surface area contributed by atoms with E-state index >= 15 is 0 Å². The lowest BCUT2D eigenvalue weighted by Crippen LogP contribution is -2.45. The second kappa shape index (κ2) is 10.6. The molecule has 0 spiro atoms. The minimum atomic E-state index is -0.808. The maximum Gasteiger partial charge on any atom is 0.257 e. The van der Waals surface area contributed by atoms with Crippen LogP contribution >= 0.6 is 11.6 Å². The lowest BCUT2D eigenvalue weighted by Gasteiger charge is -2.35. The summed E-state index contributed by atoms with van der Waals surface area (Å²) in [5.74, 6) is -0.136. The van der Waals surface area contributed by atoms with Gasteiger partial charge in [-0.1, -0.05) is 56.5 Å². The summed E-state index contributed by atoms with van der Waals surface area (Å²) in [6, 6.07) is 1.24. The number of aromatic nitrogens is 1. The largest absolute Gasteiger partial charge is 0.369 e. The Bertz CT molecular complexity index is 951. The van der Waals surface area contributed by atoms with Crippen molar-refractivity contribution in [1.29, 1.82) is 0 Å². The number of carbonyl (C=O) groups excluding carboxylic acids is 2. The monoisotopic (exact) mass is 491 g/mol. The van der Waals surface area contributed by atoms with Crippen LogP contribution in [0.4, 0.5) is 4.39 Å². The molecule has 2 amide bonds. The molecule has 0 saturated heterocycles. The maximum atomic E-state index is 14.2. The number of likely N-dealkylation sites (N-methyl/N-ethyl adjacent to an activating group) is 1. The first-order chi connectivity index (χ1) is 16.3. The normalized spacial score (nSPS) is 28.1. The predicted octanol–water partition coefficient (Wildman–Crippen LogP) is 4.44. The Morgan fingerprint density at radius 2 is 1.97 bits per heavy atom. The Balaban J connectivity index is 1.42. The van der Waals surface area contributed by atoms with Gasteiger partial charge in [0.1, 0.15) is 5.54 Å². The topological polar surface area (TPSA) is 101 Å². The Hall–Kier alpha value is -2.22. The lowest BCUT2D eigenvalue weighted by molar-refractivity contribution is -0.131. The van der Waals surface area contributed by atoms with Crippen molar-refractivity contribution in [2.45, 2.75) is 88.6 Å². The number of nitrogens with one attached hydrogen (secondary N) is 1. The van der Waals surface area contributed by atoms with Gasteiger partial charge in [0.05, 0.1) is 5.56 Å². The molecule has 3 aliphatic rings. The Labute approximate surface area is 205 Å². The van der Waals surface area contributed by atoms with Gasteiger partial charge in [-0.25, -0.2) is 14.4 Å². The van der Waals surface area contributed by atoms with Gasteiger partial charge in [0.15, 0.2) is 16.9 Å². The van der Waals surface area contributed by atoms with Crippen molar-refractivity contribution in [2.75, 3.05) is 7.05 Å². The number of guanidine groups is 1. The Morgan fingerprint density at radius 1 is 1.24 bits per heavy atom. The smallest absolute Gasteiger partial charge is 0.257 e. The molecule has 186 valence electrons. The number of pyridine rings is 1. The molecular formula is C25H35ClFN5O2. The van der Waals surface area contributed by atoms with Crippen LogP contribution in [-0.2, 0) is 4.79 Å². The van der Waals surface area contributed by atoms with Gasteiger partial charge in [-0.05, 0) is 50.0 Å². The highest BCUT2D eigenvalue weighted by molar-refractivity contribution is 6.29. The van der Waals surface area contributed by atoms with E-state index in [9.17, 15) is 14.0 Å². The van der Waals surface area contributed by atoms with E-state index in [0.717, 1.165) is 38.5 Å². The van der Waals surface area contributed by atoms with Crippen molar-refractivity contribution < 1.29 is 14.0 Å². The fourth-order valence-corrected chi connectivity index (χ4v) is 6.17. The third-order valence-corrected chi connectivity index (χ3v) is 8.17. The third kappa shape index (κ3) is 5.37. The van der Waals surface area contributed by atoms with Crippen LogP contribution in [0.15, 0.2) is 17.3 Å². The van der Waals surface area contributed by atoms with Gasteiger partial charge in [-0.15, -0.1) is 0 Å². The van der Waals surface area contributed by atoms with Crippen molar-refractivity contribution in [2.24, 2.45) is 22.6 Å². The van der Waals surface area contributed by atoms with Crippen LogP contribution in [0, 0.1) is 17.7 Å². The molecule has 3 N–H and O–H groups in total. The quantitative estimate of drug-likeness (QED) is 0.550. The van der Waals surface area contributed by atoms with E-state index in [0.29, 0.717) is 18.3 Å². The summed E-state index contributed by atoms with van der Waals surface area (Å²) in [7, 11) is 1.70. The van der Waals surface area contributed by atoms with E-state index < -0.39 is 17.3 Å². The maximum absolute atomic E-state index is 14.2. The molecule has 1 aromatic heterocycles. The SMILES string of the molecule is CN1C(=O)[C@@](CCC2CCCCC2)(C[C@H]2CCC[C@@H](NC(=O)c3ccnc(Cl)c3F)C2)N=C1N. The van der Waals surface area contributed by atoms with Gasteiger partial charge < -0.3 is 11.1 Å². The van der Waals surface area contributed by atoms with E-state index in [1.54, 1.807) is 7.05 Å². The van der Waals surface area contributed by atoms with Gasteiger partial charge in [-0.2, -0.15) is 0 Å². The fraction of sp³-hybridized carbons (Fsp3) is 0.680. The molecule has 2 aliphatic carbocycles. The number of hydrogen-bond donors (Lipinski definition) is 2. The summed E-state index contributed by atoms with van der Waals surface area (Å²) in [4.78, 5) is 35.9. The van der Waals surface area contributed by atoms with Gasteiger partial charge in [-0.3, -0.25) is 14.5 Å². The fourth-order valence-electron chi connectivity index (χ4n) is 6.02. The van der Waals surface area contributed by atoms with E-state index in [2.05, 4.69) is 10.3 Å². The molecule has 2 fully saturated rings. The van der Waals surface area contributed by atoms with Crippen LogP contribution < -0.4 is 11.1 Å². The zero-order valence-corrected chi connectivity index (χ0v) is 20.6. The van der Waals surface area contributed by atoms with Crippen molar-refractivity contribution in [3.8, 4) is 0 Å². The molecule has 1 aliphatic heterocycles. The number of nitrogens with zero attached hydrogens (tertiary/aromatic N) is 3.